The van der Waals surface area contributed by atoms with Gasteiger partial charge in [-0.05, 0) is 62.4 Å². The number of aryl methyl sites for hydroxylation is 1. The summed E-state index contributed by atoms with van der Waals surface area (Å²) in [7, 11) is 0. The third-order valence-electron chi connectivity index (χ3n) is 3.22. The first-order valence-corrected chi connectivity index (χ1v) is 9.74. The smallest absolute Gasteiger partial charge is 0.143 e. The minimum absolute atomic E-state index is 0.139. The maximum Gasteiger partial charge on any atom is 0.143 e. The van der Waals surface area contributed by atoms with Crippen LogP contribution in [0.5, 0.6) is 5.75 Å². The van der Waals surface area contributed by atoms with Gasteiger partial charge in [0.05, 0.1) is 22.2 Å². The highest BCUT2D eigenvalue weighted by atomic mass is 79.9. The Morgan fingerprint density at radius 1 is 0.913 bits per heavy atom. The zero-order valence-electron chi connectivity index (χ0n) is 13.8. The Morgan fingerprint density at radius 2 is 1.43 bits per heavy atom. The molecule has 0 heterocycles. The van der Waals surface area contributed by atoms with E-state index in [2.05, 4.69) is 44.1 Å². The molecule has 0 radical (unpaired) electrons. The Morgan fingerprint density at radius 3 is 1.91 bits per heavy atom. The van der Waals surface area contributed by atoms with E-state index in [9.17, 15) is 5.11 Å². The van der Waals surface area contributed by atoms with Crippen LogP contribution in [-0.2, 0) is 6.42 Å². The van der Waals surface area contributed by atoms with Crippen LogP contribution in [-0.4, -0.2) is 41.6 Å². The Hall–Kier alpha value is -0.140. The Bertz CT molecular complexity index is 390. The minimum atomic E-state index is 0.139. The van der Waals surface area contributed by atoms with Crippen LogP contribution in [0.15, 0.2) is 21.1 Å². The largest absolute Gasteiger partial charge is 0.506 e. The summed E-state index contributed by atoms with van der Waals surface area (Å²) in [5.41, 5.74) is 1.27. The molecule has 0 bridgehead atoms. The number of aliphatic hydroxyl groups excluding tert-OH is 2. The van der Waals surface area contributed by atoms with Crippen LogP contribution >= 0.6 is 31.9 Å². The number of aliphatic hydroxyl groups is 2. The third-order valence-corrected chi connectivity index (χ3v) is 4.43. The molecule has 6 heteroatoms. The first-order chi connectivity index (χ1) is 11.1. The molecule has 4 N–H and O–H groups in total. The van der Waals surface area contributed by atoms with Gasteiger partial charge < -0.3 is 20.6 Å². The first kappa shape index (κ1) is 22.9. The number of rotatable bonds is 10. The standard InChI is InChI=1S/C13H18Br2O.C4H11NO2/c1-2-3-4-5-6-7-10-8-11(14)13(16)12(15)9-10;6-3-1-5-2-4-7/h8-9,16H,2-7H2,1H3;5-7H,1-4H2. The van der Waals surface area contributed by atoms with Crippen LogP contribution in [0.3, 0.4) is 0 Å². The van der Waals surface area contributed by atoms with Gasteiger partial charge in [0, 0.05) is 13.1 Å². The molecule has 4 nitrogen and oxygen atoms in total. The quantitative estimate of drug-likeness (QED) is 0.403. The summed E-state index contributed by atoms with van der Waals surface area (Å²) in [6.45, 7) is 3.65. The van der Waals surface area contributed by atoms with Crippen molar-refractivity contribution in [2.24, 2.45) is 0 Å². The topological polar surface area (TPSA) is 72.7 Å². The molecule has 1 aromatic carbocycles. The number of hydrogen-bond donors (Lipinski definition) is 4. The van der Waals surface area contributed by atoms with Gasteiger partial charge in [-0.3, -0.25) is 0 Å². The van der Waals surface area contributed by atoms with Gasteiger partial charge in [-0.2, -0.15) is 0 Å². The molecule has 23 heavy (non-hydrogen) atoms. The lowest BCUT2D eigenvalue weighted by molar-refractivity contribution is 0.266. The van der Waals surface area contributed by atoms with Gasteiger partial charge in [0.2, 0.25) is 0 Å². The van der Waals surface area contributed by atoms with Crippen LogP contribution in [0.1, 0.15) is 44.6 Å². The lowest BCUT2D eigenvalue weighted by Gasteiger charge is -2.06. The Balaban J connectivity index is 0.000000585. The van der Waals surface area contributed by atoms with Crippen molar-refractivity contribution in [1.29, 1.82) is 0 Å². The zero-order chi connectivity index (χ0) is 17.5. The van der Waals surface area contributed by atoms with Crippen LogP contribution in [0, 0.1) is 0 Å². The van der Waals surface area contributed by atoms with Gasteiger partial charge in [-0.1, -0.05) is 32.6 Å². The molecule has 0 unspecified atom stereocenters. The molecule has 0 spiro atoms. The molecule has 0 fully saturated rings. The average molecular weight is 455 g/mol. The summed E-state index contributed by atoms with van der Waals surface area (Å²) in [6, 6.07) is 4.00. The molecule has 0 saturated heterocycles. The fourth-order valence-electron chi connectivity index (χ4n) is 1.98. The number of aromatic hydroxyl groups is 1. The average Bonchev–Trinajstić information content (AvgIpc) is 2.53. The lowest BCUT2D eigenvalue weighted by atomic mass is 10.1. The molecule has 0 aliphatic carbocycles. The van der Waals surface area contributed by atoms with E-state index in [0.29, 0.717) is 13.1 Å². The van der Waals surface area contributed by atoms with Gasteiger partial charge in [-0.25, -0.2) is 0 Å². The first-order valence-electron chi connectivity index (χ1n) is 8.16. The maximum atomic E-state index is 9.58. The second kappa shape index (κ2) is 15.4. The molecule has 0 saturated carbocycles. The van der Waals surface area contributed by atoms with Crippen molar-refractivity contribution < 1.29 is 15.3 Å². The van der Waals surface area contributed by atoms with E-state index in [-0.39, 0.29) is 19.0 Å². The van der Waals surface area contributed by atoms with Crippen molar-refractivity contribution in [3.8, 4) is 5.75 Å². The van der Waals surface area contributed by atoms with E-state index in [1.165, 1.54) is 37.7 Å². The minimum Gasteiger partial charge on any atom is -0.506 e. The molecular weight excluding hydrogens is 426 g/mol. The van der Waals surface area contributed by atoms with Crippen molar-refractivity contribution >= 4 is 31.9 Å². The lowest BCUT2D eigenvalue weighted by Crippen LogP contribution is -2.21. The zero-order valence-corrected chi connectivity index (χ0v) is 17.0. The maximum absolute atomic E-state index is 9.58. The summed E-state index contributed by atoms with van der Waals surface area (Å²) in [6.07, 6.45) is 7.56. The fraction of sp³-hybridized carbons (Fsp3) is 0.647. The highest BCUT2D eigenvalue weighted by molar-refractivity contribution is 9.11. The number of nitrogens with one attached hydrogen (secondary N) is 1. The fourth-order valence-corrected chi connectivity index (χ4v) is 3.26. The SMILES string of the molecule is CCCCCCCc1cc(Br)c(O)c(Br)c1.OCCNCCO. The predicted molar refractivity (Wildman–Crippen MR) is 103 cm³/mol. The van der Waals surface area contributed by atoms with Crippen LogP contribution < -0.4 is 5.32 Å². The van der Waals surface area contributed by atoms with Gasteiger partial charge in [-0.15, -0.1) is 0 Å². The van der Waals surface area contributed by atoms with Gasteiger partial charge >= 0.3 is 0 Å². The summed E-state index contributed by atoms with van der Waals surface area (Å²) < 4.78 is 1.54. The summed E-state index contributed by atoms with van der Waals surface area (Å²) >= 11 is 6.70. The van der Waals surface area contributed by atoms with Crippen LogP contribution in [0.2, 0.25) is 0 Å². The van der Waals surface area contributed by atoms with Crippen molar-refractivity contribution in [1.82, 2.24) is 5.32 Å². The van der Waals surface area contributed by atoms with Gasteiger partial charge in [0.1, 0.15) is 5.75 Å². The van der Waals surface area contributed by atoms with E-state index < -0.39 is 0 Å². The highest BCUT2D eigenvalue weighted by Crippen LogP contribution is 2.33. The van der Waals surface area contributed by atoms with Crippen molar-refractivity contribution in [2.45, 2.75) is 45.4 Å². The van der Waals surface area contributed by atoms with E-state index in [0.717, 1.165) is 15.4 Å². The summed E-state index contributed by atoms with van der Waals surface area (Å²) in [5.74, 6) is 0.287. The van der Waals surface area contributed by atoms with Gasteiger partial charge in [0.15, 0.2) is 0 Å². The van der Waals surface area contributed by atoms with E-state index in [4.69, 9.17) is 10.2 Å². The molecular formula is C17H29Br2NO3. The second-order valence-electron chi connectivity index (χ2n) is 5.27. The predicted octanol–water partition coefficient (Wildman–Crippen LogP) is 3.99. The molecule has 0 aromatic heterocycles. The Kier molecular flexibility index (Phi) is 15.3. The number of phenols is 1. The van der Waals surface area contributed by atoms with E-state index in [1.807, 2.05) is 12.1 Å². The summed E-state index contributed by atoms with van der Waals surface area (Å²) in [4.78, 5) is 0. The normalized spacial score (nSPS) is 10.3. The van der Waals surface area contributed by atoms with Crippen LogP contribution in [0.4, 0.5) is 0 Å². The molecule has 0 amide bonds. The van der Waals surface area contributed by atoms with E-state index in [1.54, 1.807) is 0 Å². The molecule has 0 atom stereocenters. The molecule has 1 rings (SSSR count). The monoisotopic (exact) mass is 453 g/mol. The number of halogens is 2. The van der Waals surface area contributed by atoms with Crippen molar-refractivity contribution in [3.63, 3.8) is 0 Å². The van der Waals surface area contributed by atoms with Crippen LogP contribution in [0.25, 0.3) is 0 Å². The third kappa shape index (κ3) is 12.0. The molecule has 0 aliphatic heterocycles. The second-order valence-corrected chi connectivity index (χ2v) is 6.98. The number of benzene rings is 1. The Labute approximate surface area is 156 Å². The molecule has 1 aromatic rings. The highest BCUT2D eigenvalue weighted by Gasteiger charge is 2.05. The van der Waals surface area contributed by atoms with Gasteiger partial charge in [0.25, 0.3) is 0 Å². The number of hydrogen-bond acceptors (Lipinski definition) is 4. The van der Waals surface area contributed by atoms with Crippen molar-refractivity contribution in [3.05, 3.63) is 26.6 Å². The van der Waals surface area contributed by atoms with Crippen molar-refractivity contribution in [2.75, 3.05) is 26.3 Å². The van der Waals surface area contributed by atoms with E-state index >= 15 is 0 Å². The summed E-state index contributed by atoms with van der Waals surface area (Å²) in [5, 5.41) is 28.7. The molecule has 134 valence electrons. The molecule has 0 aliphatic rings. The number of unbranched alkanes of at least 4 members (excludes halogenated alkanes) is 4. The number of phenolic OH excluding ortho intramolecular Hbond substituents is 1.